The van der Waals surface area contributed by atoms with E-state index in [9.17, 15) is 0 Å². The van der Waals surface area contributed by atoms with Gasteiger partial charge in [-0.05, 0) is 18.6 Å². The maximum absolute atomic E-state index is 5.61. The van der Waals surface area contributed by atoms with E-state index in [0.29, 0.717) is 29.5 Å². The monoisotopic (exact) mass is 263 g/mol. The van der Waals surface area contributed by atoms with Crippen LogP contribution in [0.4, 0.5) is 0 Å². The standard InChI is InChI=1S/C13H17N3O3/c1-17-10-6-8(7-11(18-2)13(10)19-3)9-4-5-12(14)16-15-9/h6-7H,4-5H2,1-3H3,(H2,14,16). The minimum absolute atomic E-state index is 0.552. The Bertz CT molecular complexity index is 513. The number of amidine groups is 1. The number of nitrogens with two attached hydrogens (primary N) is 1. The van der Waals surface area contributed by atoms with Crippen LogP contribution in [0.25, 0.3) is 0 Å². The largest absolute Gasteiger partial charge is 0.493 e. The second kappa shape index (κ2) is 5.60. The van der Waals surface area contributed by atoms with Crippen LogP contribution in [0.3, 0.4) is 0 Å². The molecule has 1 aliphatic heterocycles. The first kappa shape index (κ1) is 13.2. The van der Waals surface area contributed by atoms with Crippen LogP contribution in [0.1, 0.15) is 18.4 Å². The molecule has 1 aromatic rings. The molecule has 0 fully saturated rings. The van der Waals surface area contributed by atoms with E-state index in [4.69, 9.17) is 19.9 Å². The van der Waals surface area contributed by atoms with Crippen molar-refractivity contribution in [3.8, 4) is 17.2 Å². The molecule has 0 saturated heterocycles. The Balaban J connectivity index is 2.47. The fourth-order valence-electron chi connectivity index (χ4n) is 1.92. The fourth-order valence-corrected chi connectivity index (χ4v) is 1.92. The minimum atomic E-state index is 0.552. The Morgan fingerprint density at radius 1 is 0.947 bits per heavy atom. The molecule has 0 unspecified atom stereocenters. The topological polar surface area (TPSA) is 78.4 Å². The van der Waals surface area contributed by atoms with Gasteiger partial charge in [-0.3, -0.25) is 0 Å². The maximum atomic E-state index is 5.61. The highest BCUT2D eigenvalue weighted by atomic mass is 16.5. The molecule has 1 aromatic carbocycles. The number of methoxy groups -OCH3 is 3. The molecule has 102 valence electrons. The van der Waals surface area contributed by atoms with Crippen LogP contribution < -0.4 is 19.9 Å². The summed E-state index contributed by atoms with van der Waals surface area (Å²) < 4.78 is 15.9. The summed E-state index contributed by atoms with van der Waals surface area (Å²) in [5.41, 5.74) is 7.36. The summed E-state index contributed by atoms with van der Waals surface area (Å²) in [7, 11) is 4.74. The number of ether oxygens (including phenoxy) is 3. The summed E-state index contributed by atoms with van der Waals surface area (Å²) >= 11 is 0. The average molecular weight is 263 g/mol. The van der Waals surface area contributed by atoms with E-state index >= 15 is 0 Å². The van der Waals surface area contributed by atoms with Crippen LogP contribution in [0.15, 0.2) is 22.3 Å². The van der Waals surface area contributed by atoms with Gasteiger partial charge in [0.15, 0.2) is 11.5 Å². The molecular formula is C13H17N3O3. The molecule has 6 nitrogen and oxygen atoms in total. The normalized spacial score (nSPS) is 14.5. The number of hydrogen-bond donors (Lipinski definition) is 1. The van der Waals surface area contributed by atoms with E-state index in [1.54, 1.807) is 21.3 Å². The van der Waals surface area contributed by atoms with Crippen LogP contribution in [0.2, 0.25) is 0 Å². The second-order valence-corrected chi connectivity index (χ2v) is 4.05. The van der Waals surface area contributed by atoms with E-state index in [2.05, 4.69) is 10.2 Å². The van der Waals surface area contributed by atoms with Crippen LogP contribution in [0, 0.1) is 0 Å². The highest BCUT2D eigenvalue weighted by Gasteiger charge is 2.17. The van der Waals surface area contributed by atoms with Crippen LogP contribution in [0.5, 0.6) is 17.2 Å². The predicted octanol–water partition coefficient (Wildman–Crippen LogP) is 1.57. The van der Waals surface area contributed by atoms with Gasteiger partial charge in [-0.25, -0.2) is 0 Å². The van der Waals surface area contributed by atoms with Gasteiger partial charge in [0.05, 0.1) is 27.0 Å². The molecule has 0 saturated carbocycles. The molecule has 0 spiro atoms. The molecule has 2 N–H and O–H groups in total. The summed E-state index contributed by atoms with van der Waals surface area (Å²) in [6.07, 6.45) is 1.45. The third-order valence-corrected chi connectivity index (χ3v) is 2.92. The van der Waals surface area contributed by atoms with Crippen molar-refractivity contribution >= 4 is 11.5 Å². The first-order valence-corrected chi connectivity index (χ1v) is 5.88. The predicted molar refractivity (Wildman–Crippen MR) is 73.5 cm³/mol. The summed E-state index contributed by atoms with van der Waals surface area (Å²) in [6.45, 7) is 0. The third kappa shape index (κ3) is 2.62. The lowest BCUT2D eigenvalue weighted by Gasteiger charge is -2.15. The fraction of sp³-hybridized carbons (Fsp3) is 0.385. The first-order chi connectivity index (χ1) is 9.19. The quantitative estimate of drug-likeness (QED) is 0.894. The molecule has 6 heteroatoms. The number of hydrogen-bond acceptors (Lipinski definition) is 6. The van der Waals surface area contributed by atoms with Gasteiger partial charge < -0.3 is 19.9 Å². The van der Waals surface area contributed by atoms with Gasteiger partial charge in [0.25, 0.3) is 0 Å². The average Bonchev–Trinajstić information content (AvgIpc) is 2.46. The van der Waals surface area contributed by atoms with E-state index in [1.165, 1.54) is 0 Å². The molecule has 1 heterocycles. The molecule has 0 aliphatic carbocycles. The second-order valence-electron chi connectivity index (χ2n) is 4.05. The third-order valence-electron chi connectivity index (χ3n) is 2.92. The van der Waals surface area contributed by atoms with Gasteiger partial charge in [-0.15, -0.1) is 5.10 Å². The zero-order valence-corrected chi connectivity index (χ0v) is 11.3. The highest BCUT2D eigenvalue weighted by molar-refractivity contribution is 6.04. The Hall–Kier alpha value is -2.24. The van der Waals surface area contributed by atoms with Crippen molar-refractivity contribution in [1.29, 1.82) is 0 Å². The van der Waals surface area contributed by atoms with Gasteiger partial charge in [0, 0.05) is 12.0 Å². The van der Waals surface area contributed by atoms with E-state index in [1.807, 2.05) is 12.1 Å². The molecule has 2 rings (SSSR count). The lowest BCUT2D eigenvalue weighted by atomic mass is 10.0. The molecule has 0 atom stereocenters. The first-order valence-electron chi connectivity index (χ1n) is 5.88. The van der Waals surface area contributed by atoms with Crippen molar-refractivity contribution in [2.24, 2.45) is 15.9 Å². The number of benzene rings is 1. The Morgan fingerprint density at radius 3 is 2.00 bits per heavy atom. The highest BCUT2D eigenvalue weighted by Crippen LogP contribution is 2.38. The molecule has 0 radical (unpaired) electrons. The molecule has 0 amide bonds. The van der Waals surface area contributed by atoms with Gasteiger partial charge in [0.1, 0.15) is 5.84 Å². The van der Waals surface area contributed by atoms with Gasteiger partial charge in [-0.2, -0.15) is 5.10 Å². The van der Waals surface area contributed by atoms with Crippen LogP contribution >= 0.6 is 0 Å². The van der Waals surface area contributed by atoms with Crippen molar-refractivity contribution < 1.29 is 14.2 Å². The number of nitrogens with zero attached hydrogens (tertiary/aromatic N) is 2. The van der Waals surface area contributed by atoms with Crippen LogP contribution in [-0.4, -0.2) is 32.9 Å². The van der Waals surface area contributed by atoms with Gasteiger partial charge in [0.2, 0.25) is 5.75 Å². The lowest BCUT2D eigenvalue weighted by Crippen LogP contribution is -2.17. The lowest BCUT2D eigenvalue weighted by molar-refractivity contribution is 0.324. The van der Waals surface area contributed by atoms with Crippen LogP contribution in [-0.2, 0) is 0 Å². The zero-order chi connectivity index (χ0) is 13.8. The van der Waals surface area contributed by atoms with E-state index in [0.717, 1.165) is 17.7 Å². The molecular weight excluding hydrogens is 246 g/mol. The summed E-state index contributed by atoms with van der Waals surface area (Å²) in [5, 5.41) is 8.03. The molecule has 19 heavy (non-hydrogen) atoms. The summed E-state index contributed by atoms with van der Waals surface area (Å²) in [5.74, 6) is 2.31. The van der Waals surface area contributed by atoms with Crippen molar-refractivity contribution in [3.63, 3.8) is 0 Å². The van der Waals surface area contributed by atoms with E-state index in [-0.39, 0.29) is 0 Å². The SMILES string of the molecule is COc1cc(C2=NN=C(N)CC2)cc(OC)c1OC. The molecule has 0 bridgehead atoms. The smallest absolute Gasteiger partial charge is 0.203 e. The van der Waals surface area contributed by atoms with Crippen molar-refractivity contribution in [1.82, 2.24) is 0 Å². The van der Waals surface area contributed by atoms with Crippen molar-refractivity contribution in [2.45, 2.75) is 12.8 Å². The maximum Gasteiger partial charge on any atom is 0.203 e. The van der Waals surface area contributed by atoms with Gasteiger partial charge >= 0.3 is 0 Å². The van der Waals surface area contributed by atoms with Crippen molar-refractivity contribution in [3.05, 3.63) is 17.7 Å². The number of rotatable bonds is 4. The van der Waals surface area contributed by atoms with Gasteiger partial charge in [-0.1, -0.05) is 0 Å². The van der Waals surface area contributed by atoms with Crippen molar-refractivity contribution in [2.75, 3.05) is 21.3 Å². The minimum Gasteiger partial charge on any atom is -0.493 e. The Kier molecular flexibility index (Phi) is 3.89. The molecule has 1 aliphatic rings. The van der Waals surface area contributed by atoms with E-state index < -0.39 is 0 Å². The Morgan fingerprint density at radius 2 is 1.58 bits per heavy atom. The molecule has 0 aromatic heterocycles. The summed E-state index contributed by atoms with van der Waals surface area (Å²) in [4.78, 5) is 0. The Labute approximate surface area is 111 Å². The summed E-state index contributed by atoms with van der Waals surface area (Å²) in [6, 6.07) is 3.72. The zero-order valence-electron chi connectivity index (χ0n) is 11.3.